The van der Waals surface area contributed by atoms with Gasteiger partial charge >= 0.3 is 0 Å². The molecule has 90 valence electrons. The molecule has 4 nitrogen and oxygen atoms in total. The number of hydrogen-bond acceptors (Lipinski definition) is 3. The Morgan fingerprint density at radius 3 is 2.94 bits per heavy atom. The second-order valence-electron chi connectivity index (χ2n) is 3.85. The van der Waals surface area contributed by atoms with E-state index in [9.17, 15) is 4.39 Å². The molecule has 3 aromatic rings. The quantitative estimate of drug-likeness (QED) is 0.769. The van der Waals surface area contributed by atoms with Crippen molar-refractivity contribution in [2.75, 3.05) is 0 Å². The Morgan fingerprint density at radius 1 is 1.28 bits per heavy atom. The average molecular weight is 243 g/mol. The smallest absolute Gasteiger partial charge is 0.229 e. The number of hydrogen-bond donors (Lipinski definition) is 1. The zero-order valence-corrected chi connectivity index (χ0v) is 9.43. The lowest BCUT2D eigenvalue weighted by atomic mass is 10.1. The Hall–Kier alpha value is -2.43. The van der Waals surface area contributed by atoms with Crippen LogP contribution in [0.2, 0.25) is 0 Å². The van der Waals surface area contributed by atoms with Gasteiger partial charge in [0.15, 0.2) is 0 Å². The molecule has 1 N–H and O–H groups in total. The van der Waals surface area contributed by atoms with Crippen LogP contribution in [0, 0.1) is 5.82 Å². The van der Waals surface area contributed by atoms with Crippen molar-refractivity contribution >= 4 is 0 Å². The zero-order chi connectivity index (χ0) is 12.4. The highest BCUT2D eigenvalue weighted by atomic mass is 19.1. The first-order chi connectivity index (χ1) is 8.84. The van der Waals surface area contributed by atoms with E-state index in [0.717, 1.165) is 5.56 Å². The fourth-order valence-corrected chi connectivity index (χ4v) is 1.82. The molecular formula is C13H10FN3O. The summed E-state index contributed by atoms with van der Waals surface area (Å²) in [4.78, 5) is 4.06. The molecule has 1 aromatic carbocycles. The maximum atomic E-state index is 13.6. The fraction of sp³-hybridized carbons (Fsp3) is 0.0769. The molecule has 5 heteroatoms. The van der Waals surface area contributed by atoms with Crippen LogP contribution in [0.4, 0.5) is 4.39 Å². The summed E-state index contributed by atoms with van der Waals surface area (Å²) in [5.41, 5.74) is 2.06. The Bertz CT molecular complexity index is 646. The number of aromatic amines is 1. The molecule has 0 fully saturated rings. The average Bonchev–Trinajstić information content (AvgIpc) is 3.02. The molecule has 2 heterocycles. The van der Waals surface area contributed by atoms with E-state index in [2.05, 4.69) is 15.2 Å². The number of halogens is 1. The van der Waals surface area contributed by atoms with E-state index in [1.54, 1.807) is 30.6 Å². The number of aromatic nitrogens is 3. The van der Waals surface area contributed by atoms with Crippen LogP contribution < -0.4 is 0 Å². The van der Waals surface area contributed by atoms with Crippen molar-refractivity contribution in [3.05, 3.63) is 60.0 Å². The molecule has 0 saturated heterocycles. The second-order valence-corrected chi connectivity index (χ2v) is 3.85. The summed E-state index contributed by atoms with van der Waals surface area (Å²) < 4.78 is 18.8. The number of oxazole rings is 1. The van der Waals surface area contributed by atoms with Gasteiger partial charge in [-0.1, -0.05) is 18.2 Å². The van der Waals surface area contributed by atoms with Crippen LogP contribution in [0.15, 0.2) is 47.3 Å². The molecule has 0 spiro atoms. The van der Waals surface area contributed by atoms with Crippen LogP contribution in [0.25, 0.3) is 11.5 Å². The van der Waals surface area contributed by atoms with Crippen molar-refractivity contribution < 1.29 is 8.81 Å². The number of benzene rings is 1. The molecule has 0 aliphatic rings. The van der Waals surface area contributed by atoms with E-state index < -0.39 is 0 Å². The SMILES string of the molecule is Fc1ccccc1Cc1n[nH]cc1-c1ncco1. The Kier molecular flexibility index (Phi) is 2.64. The molecule has 3 rings (SSSR count). The van der Waals surface area contributed by atoms with Crippen LogP contribution in [0.3, 0.4) is 0 Å². The first-order valence-corrected chi connectivity index (χ1v) is 5.50. The lowest BCUT2D eigenvalue weighted by Gasteiger charge is -2.01. The zero-order valence-electron chi connectivity index (χ0n) is 9.43. The molecule has 0 unspecified atom stereocenters. The molecule has 0 radical (unpaired) electrons. The molecular weight excluding hydrogens is 233 g/mol. The van der Waals surface area contributed by atoms with Crippen LogP contribution in [-0.2, 0) is 6.42 Å². The Labute approximate surface area is 102 Å². The van der Waals surface area contributed by atoms with Gasteiger partial charge < -0.3 is 4.42 Å². The van der Waals surface area contributed by atoms with Crippen molar-refractivity contribution in [1.82, 2.24) is 15.2 Å². The molecule has 0 amide bonds. The monoisotopic (exact) mass is 243 g/mol. The molecule has 0 atom stereocenters. The van der Waals surface area contributed by atoms with E-state index in [-0.39, 0.29) is 5.82 Å². The lowest BCUT2D eigenvalue weighted by Crippen LogP contribution is -1.94. The predicted octanol–water partition coefficient (Wildman–Crippen LogP) is 2.79. The van der Waals surface area contributed by atoms with Crippen molar-refractivity contribution in [2.24, 2.45) is 0 Å². The van der Waals surface area contributed by atoms with E-state index in [1.165, 1.54) is 12.3 Å². The third-order valence-corrected chi connectivity index (χ3v) is 2.70. The highest BCUT2D eigenvalue weighted by Crippen LogP contribution is 2.22. The first-order valence-electron chi connectivity index (χ1n) is 5.50. The van der Waals surface area contributed by atoms with Gasteiger partial charge in [-0.3, -0.25) is 5.10 Å². The number of nitrogens with zero attached hydrogens (tertiary/aromatic N) is 2. The predicted molar refractivity (Wildman–Crippen MR) is 63.3 cm³/mol. The van der Waals surface area contributed by atoms with Crippen molar-refractivity contribution in [3.8, 4) is 11.5 Å². The van der Waals surface area contributed by atoms with Crippen LogP contribution in [-0.4, -0.2) is 15.2 Å². The van der Waals surface area contributed by atoms with Crippen LogP contribution in [0.1, 0.15) is 11.3 Å². The third-order valence-electron chi connectivity index (χ3n) is 2.70. The summed E-state index contributed by atoms with van der Waals surface area (Å²) in [5, 5.41) is 6.87. The molecule has 18 heavy (non-hydrogen) atoms. The van der Waals surface area contributed by atoms with Crippen molar-refractivity contribution in [2.45, 2.75) is 6.42 Å². The number of rotatable bonds is 3. The minimum absolute atomic E-state index is 0.237. The van der Waals surface area contributed by atoms with Gasteiger partial charge in [-0.25, -0.2) is 9.37 Å². The molecule has 0 saturated carbocycles. The Balaban J connectivity index is 1.95. The minimum atomic E-state index is -0.237. The van der Waals surface area contributed by atoms with Gasteiger partial charge in [0.25, 0.3) is 0 Å². The standard InChI is InChI=1S/C13H10FN3O/c14-11-4-2-1-3-9(11)7-12-10(8-16-17-12)13-15-5-6-18-13/h1-6,8H,7H2,(H,16,17). The second kappa shape index (κ2) is 4.44. The van der Waals surface area contributed by atoms with E-state index in [4.69, 9.17) is 4.42 Å². The largest absolute Gasteiger partial charge is 0.444 e. The summed E-state index contributed by atoms with van der Waals surface area (Å²) >= 11 is 0. The van der Waals surface area contributed by atoms with Gasteiger partial charge in [-0.2, -0.15) is 5.10 Å². The van der Waals surface area contributed by atoms with E-state index in [1.807, 2.05) is 0 Å². The highest BCUT2D eigenvalue weighted by Gasteiger charge is 2.13. The number of nitrogens with one attached hydrogen (secondary N) is 1. The summed E-state index contributed by atoms with van der Waals surface area (Å²) in [6, 6.07) is 6.64. The summed E-state index contributed by atoms with van der Waals surface area (Å²) in [7, 11) is 0. The van der Waals surface area contributed by atoms with Crippen molar-refractivity contribution in [1.29, 1.82) is 0 Å². The van der Waals surface area contributed by atoms with Gasteiger partial charge in [0.2, 0.25) is 5.89 Å². The molecule has 0 aliphatic carbocycles. The first kappa shape index (κ1) is 10.7. The normalized spacial score (nSPS) is 10.7. The molecule has 0 bridgehead atoms. The fourth-order valence-electron chi connectivity index (χ4n) is 1.82. The minimum Gasteiger partial charge on any atom is -0.444 e. The number of H-pyrrole nitrogens is 1. The molecule has 2 aromatic heterocycles. The summed E-state index contributed by atoms with van der Waals surface area (Å²) in [5.74, 6) is 0.244. The van der Waals surface area contributed by atoms with Crippen LogP contribution >= 0.6 is 0 Å². The van der Waals surface area contributed by atoms with Gasteiger partial charge in [0, 0.05) is 12.6 Å². The van der Waals surface area contributed by atoms with E-state index in [0.29, 0.717) is 23.6 Å². The van der Waals surface area contributed by atoms with Crippen molar-refractivity contribution in [3.63, 3.8) is 0 Å². The maximum absolute atomic E-state index is 13.6. The van der Waals surface area contributed by atoms with Crippen LogP contribution in [0.5, 0.6) is 0 Å². The summed E-state index contributed by atoms with van der Waals surface area (Å²) in [6.45, 7) is 0. The third kappa shape index (κ3) is 1.90. The Morgan fingerprint density at radius 2 is 2.17 bits per heavy atom. The lowest BCUT2D eigenvalue weighted by molar-refractivity contribution is 0.573. The topological polar surface area (TPSA) is 54.7 Å². The maximum Gasteiger partial charge on any atom is 0.229 e. The highest BCUT2D eigenvalue weighted by molar-refractivity contribution is 5.55. The van der Waals surface area contributed by atoms with Gasteiger partial charge in [-0.05, 0) is 11.6 Å². The van der Waals surface area contributed by atoms with Gasteiger partial charge in [-0.15, -0.1) is 0 Å². The van der Waals surface area contributed by atoms with E-state index >= 15 is 0 Å². The molecule has 0 aliphatic heterocycles. The van der Waals surface area contributed by atoms with Gasteiger partial charge in [0.1, 0.15) is 12.1 Å². The summed E-state index contributed by atoms with van der Waals surface area (Å²) in [6.07, 6.45) is 5.15. The van der Waals surface area contributed by atoms with Gasteiger partial charge in [0.05, 0.1) is 17.5 Å².